The third-order valence-corrected chi connectivity index (χ3v) is 4.84. The SMILES string of the molecule is CCC1C2CNCC2CN1C(=O)Nc1ccccc1Cl. The Morgan fingerprint density at radius 2 is 2.25 bits per heavy atom. The molecule has 1 aromatic carbocycles. The van der Waals surface area contributed by atoms with E-state index in [1.54, 1.807) is 6.07 Å². The molecule has 3 unspecified atom stereocenters. The predicted octanol–water partition coefficient (Wildman–Crippen LogP) is 2.80. The fourth-order valence-corrected chi connectivity index (χ4v) is 3.71. The summed E-state index contributed by atoms with van der Waals surface area (Å²) in [7, 11) is 0. The van der Waals surface area contributed by atoms with Crippen molar-refractivity contribution in [2.75, 3.05) is 25.0 Å². The molecular weight excluding hydrogens is 274 g/mol. The highest BCUT2D eigenvalue weighted by Crippen LogP contribution is 2.34. The largest absolute Gasteiger partial charge is 0.322 e. The van der Waals surface area contributed by atoms with Crippen molar-refractivity contribution in [3.63, 3.8) is 0 Å². The third kappa shape index (κ3) is 2.38. The average molecular weight is 294 g/mol. The lowest BCUT2D eigenvalue weighted by Gasteiger charge is -2.27. The van der Waals surface area contributed by atoms with Crippen LogP contribution in [0, 0.1) is 11.8 Å². The van der Waals surface area contributed by atoms with Gasteiger partial charge in [0, 0.05) is 25.7 Å². The third-order valence-electron chi connectivity index (χ3n) is 4.51. The Hall–Kier alpha value is -1.26. The molecule has 0 spiro atoms. The lowest BCUT2D eigenvalue weighted by atomic mass is 9.93. The fourth-order valence-electron chi connectivity index (χ4n) is 3.53. The zero-order valence-corrected chi connectivity index (χ0v) is 12.4. The van der Waals surface area contributed by atoms with Gasteiger partial charge in [-0.25, -0.2) is 4.79 Å². The summed E-state index contributed by atoms with van der Waals surface area (Å²) < 4.78 is 0. The first-order valence-corrected chi connectivity index (χ1v) is 7.61. The molecule has 0 bridgehead atoms. The number of fused-ring (bicyclic) bond motifs is 1. The van der Waals surface area contributed by atoms with Crippen LogP contribution in [-0.4, -0.2) is 36.6 Å². The normalized spacial score (nSPS) is 28.5. The number of amides is 2. The molecule has 2 aliphatic rings. The first kappa shape index (κ1) is 13.7. The van der Waals surface area contributed by atoms with Gasteiger partial charge in [-0.3, -0.25) is 0 Å². The van der Waals surface area contributed by atoms with Gasteiger partial charge >= 0.3 is 6.03 Å². The highest BCUT2D eigenvalue weighted by Gasteiger charge is 2.45. The Balaban J connectivity index is 1.73. The average Bonchev–Trinajstić information content (AvgIpc) is 3.01. The maximum absolute atomic E-state index is 12.5. The molecule has 5 heteroatoms. The molecule has 1 aromatic rings. The van der Waals surface area contributed by atoms with Gasteiger partial charge in [0.15, 0.2) is 0 Å². The van der Waals surface area contributed by atoms with Gasteiger partial charge < -0.3 is 15.5 Å². The zero-order valence-electron chi connectivity index (χ0n) is 11.6. The van der Waals surface area contributed by atoms with E-state index in [4.69, 9.17) is 11.6 Å². The van der Waals surface area contributed by atoms with Gasteiger partial charge in [-0.05, 0) is 30.4 Å². The smallest absolute Gasteiger partial charge is 0.321 e. The number of anilines is 1. The van der Waals surface area contributed by atoms with Gasteiger partial charge in [0.05, 0.1) is 10.7 Å². The van der Waals surface area contributed by atoms with E-state index < -0.39 is 0 Å². The minimum Gasteiger partial charge on any atom is -0.321 e. The number of hydrogen-bond acceptors (Lipinski definition) is 2. The van der Waals surface area contributed by atoms with Crippen molar-refractivity contribution in [3.05, 3.63) is 29.3 Å². The molecule has 2 N–H and O–H groups in total. The maximum atomic E-state index is 12.5. The summed E-state index contributed by atoms with van der Waals surface area (Å²) in [5, 5.41) is 6.95. The second-order valence-corrected chi connectivity index (χ2v) is 6.03. The van der Waals surface area contributed by atoms with E-state index in [0.717, 1.165) is 26.1 Å². The van der Waals surface area contributed by atoms with Crippen molar-refractivity contribution in [1.82, 2.24) is 10.2 Å². The molecule has 2 aliphatic heterocycles. The molecule has 3 atom stereocenters. The highest BCUT2D eigenvalue weighted by atomic mass is 35.5. The summed E-state index contributed by atoms with van der Waals surface area (Å²) in [6.45, 7) is 5.05. The monoisotopic (exact) mass is 293 g/mol. The summed E-state index contributed by atoms with van der Waals surface area (Å²) in [5.41, 5.74) is 0.684. The summed E-state index contributed by atoms with van der Waals surface area (Å²) in [4.78, 5) is 14.5. The van der Waals surface area contributed by atoms with Gasteiger partial charge in [0.25, 0.3) is 0 Å². The second kappa shape index (κ2) is 5.62. The van der Waals surface area contributed by atoms with E-state index in [1.807, 2.05) is 23.1 Å². The number of hydrogen-bond donors (Lipinski definition) is 2. The minimum atomic E-state index is -0.0284. The van der Waals surface area contributed by atoms with Crippen molar-refractivity contribution in [2.24, 2.45) is 11.8 Å². The van der Waals surface area contributed by atoms with E-state index in [0.29, 0.717) is 28.6 Å². The van der Waals surface area contributed by atoms with E-state index in [1.165, 1.54) is 0 Å². The Bertz CT molecular complexity index is 508. The van der Waals surface area contributed by atoms with Crippen LogP contribution in [0.1, 0.15) is 13.3 Å². The predicted molar refractivity (Wildman–Crippen MR) is 81.1 cm³/mol. The first-order chi connectivity index (χ1) is 9.70. The molecule has 2 heterocycles. The molecular formula is C15H20ClN3O. The van der Waals surface area contributed by atoms with Gasteiger partial charge in [-0.2, -0.15) is 0 Å². The van der Waals surface area contributed by atoms with Crippen LogP contribution in [0.5, 0.6) is 0 Å². The number of nitrogens with zero attached hydrogens (tertiary/aromatic N) is 1. The van der Waals surface area contributed by atoms with Crippen LogP contribution < -0.4 is 10.6 Å². The molecule has 108 valence electrons. The number of carbonyl (C=O) groups is 1. The number of urea groups is 1. The Morgan fingerprint density at radius 1 is 1.45 bits per heavy atom. The number of nitrogens with one attached hydrogen (secondary N) is 2. The van der Waals surface area contributed by atoms with Gasteiger partial charge in [-0.1, -0.05) is 30.7 Å². The molecule has 2 fully saturated rings. The van der Waals surface area contributed by atoms with Crippen LogP contribution in [0.15, 0.2) is 24.3 Å². The topological polar surface area (TPSA) is 44.4 Å². The molecule has 0 saturated carbocycles. The molecule has 20 heavy (non-hydrogen) atoms. The summed E-state index contributed by atoms with van der Waals surface area (Å²) >= 11 is 6.10. The van der Waals surface area contributed by atoms with Crippen molar-refractivity contribution >= 4 is 23.3 Å². The summed E-state index contributed by atoms with van der Waals surface area (Å²) in [6, 6.07) is 7.66. The van der Waals surface area contributed by atoms with Crippen LogP contribution in [0.4, 0.5) is 10.5 Å². The van der Waals surface area contributed by atoms with Crippen LogP contribution in [0.2, 0.25) is 5.02 Å². The number of benzene rings is 1. The Labute approximate surface area is 124 Å². The van der Waals surface area contributed by atoms with Crippen molar-refractivity contribution < 1.29 is 4.79 Å². The van der Waals surface area contributed by atoms with Gasteiger partial charge in [0.1, 0.15) is 0 Å². The van der Waals surface area contributed by atoms with E-state index in [-0.39, 0.29) is 6.03 Å². The van der Waals surface area contributed by atoms with Crippen molar-refractivity contribution in [1.29, 1.82) is 0 Å². The molecule has 3 rings (SSSR count). The minimum absolute atomic E-state index is 0.0284. The molecule has 0 aliphatic carbocycles. The molecule has 2 amide bonds. The highest BCUT2D eigenvalue weighted by molar-refractivity contribution is 6.33. The quantitative estimate of drug-likeness (QED) is 0.881. The molecule has 4 nitrogen and oxygen atoms in total. The van der Waals surface area contributed by atoms with E-state index >= 15 is 0 Å². The lowest BCUT2D eigenvalue weighted by Crippen LogP contribution is -2.42. The van der Waals surface area contributed by atoms with Crippen LogP contribution >= 0.6 is 11.6 Å². The maximum Gasteiger partial charge on any atom is 0.322 e. The molecule has 2 saturated heterocycles. The van der Waals surface area contributed by atoms with Crippen molar-refractivity contribution in [3.8, 4) is 0 Å². The first-order valence-electron chi connectivity index (χ1n) is 7.23. The fraction of sp³-hybridized carbons (Fsp3) is 0.533. The van der Waals surface area contributed by atoms with E-state index in [9.17, 15) is 4.79 Å². The number of carbonyl (C=O) groups excluding carboxylic acids is 1. The number of halogens is 1. The summed E-state index contributed by atoms with van der Waals surface area (Å²) in [6.07, 6.45) is 0.999. The number of para-hydroxylation sites is 1. The number of likely N-dealkylation sites (tertiary alicyclic amines) is 1. The van der Waals surface area contributed by atoms with Crippen LogP contribution in [0.25, 0.3) is 0 Å². The van der Waals surface area contributed by atoms with E-state index in [2.05, 4.69) is 17.6 Å². The summed E-state index contributed by atoms with van der Waals surface area (Å²) in [5.74, 6) is 1.19. The second-order valence-electron chi connectivity index (χ2n) is 5.62. The van der Waals surface area contributed by atoms with Crippen LogP contribution in [-0.2, 0) is 0 Å². The lowest BCUT2D eigenvalue weighted by molar-refractivity contribution is 0.196. The van der Waals surface area contributed by atoms with Crippen LogP contribution in [0.3, 0.4) is 0 Å². The Kier molecular flexibility index (Phi) is 3.85. The zero-order chi connectivity index (χ0) is 14.1. The Morgan fingerprint density at radius 3 is 3.00 bits per heavy atom. The van der Waals surface area contributed by atoms with Gasteiger partial charge in [0.2, 0.25) is 0 Å². The molecule has 0 radical (unpaired) electrons. The standard InChI is InChI=1S/C15H20ClN3O/c1-2-14-11-8-17-7-10(11)9-19(14)15(20)18-13-6-4-3-5-12(13)16/h3-6,10-11,14,17H,2,7-9H2,1H3,(H,18,20). The molecule has 0 aromatic heterocycles. The number of rotatable bonds is 2. The van der Waals surface area contributed by atoms with Gasteiger partial charge in [-0.15, -0.1) is 0 Å². The van der Waals surface area contributed by atoms with Crippen molar-refractivity contribution in [2.45, 2.75) is 19.4 Å².